The van der Waals surface area contributed by atoms with Crippen LogP contribution < -0.4 is 10.6 Å². The number of guanidine groups is 1. The van der Waals surface area contributed by atoms with E-state index in [0.29, 0.717) is 13.0 Å². The molecule has 6 nitrogen and oxygen atoms in total. The average Bonchev–Trinajstić information content (AvgIpc) is 3.06. The molecule has 2 heterocycles. The van der Waals surface area contributed by atoms with Crippen LogP contribution >= 0.6 is 24.0 Å². The van der Waals surface area contributed by atoms with Crippen LogP contribution in [-0.2, 0) is 11.3 Å². The van der Waals surface area contributed by atoms with Gasteiger partial charge in [0.2, 0.25) is 5.91 Å². The Bertz CT molecular complexity index is 557. The van der Waals surface area contributed by atoms with Crippen LogP contribution in [0.1, 0.15) is 43.3 Å². The third-order valence-corrected chi connectivity index (χ3v) is 3.96. The summed E-state index contributed by atoms with van der Waals surface area (Å²) in [5.41, 5.74) is 1.11. The molecule has 0 saturated carbocycles. The van der Waals surface area contributed by atoms with Crippen molar-refractivity contribution >= 4 is 35.8 Å². The van der Waals surface area contributed by atoms with Crippen LogP contribution in [0.2, 0.25) is 0 Å². The molecular formula is C17H29IN4O2. The van der Waals surface area contributed by atoms with Crippen molar-refractivity contribution in [1.29, 1.82) is 0 Å². The Hall–Kier alpha value is -1.25. The molecule has 0 spiro atoms. The fourth-order valence-electron chi connectivity index (χ4n) is 2.76. The lowest BCUT2D eigenvalue weighted by Crippen LogP contribution is -2.39. The fourth-order valence-corrected chi connectivity index (χ4v) is 2.76. The largest absolute Gasteiger partial charge is 0.466 e. The van der Waals surface area contributed by atoms with Crippen LogP contribution in [0.3, 0.4) is 0 Å². The number of carbonyl (C=O) groups is 1. The van der Waals surface area contributed by atoms with Gasteiger partial charge in [-0.3, -0.25) is 4.79 Å². The summed E-state index contributed by atoms with van der Waals surface area (Å²) in [6, 6.07) is 2.03. The van der Waals surface area contributed by atoms with E-state index in [1.54, 1.807) is 0 Å². The number of hydrogen-bond acceptors (Lipinski definition) is 3. The van der Waals surface area contributed by atoms with Crippen molar-refractivity contribution in [2.75, 3.05) is 26.2 Å². The van der Waals surface area contributed by atoms with Crippen molar-refractivity contribution in [3.05, 3.63) is 23.2 Å². The first-order valence-electron chi connectivity index (χ1n) is 8.46. The number of hydrogen-bond donors (Lipinski definition) is 2. The molecular weight excluding hydrogens is 419 g/mol. The molecule has 7 heteroatoms. The number of halogens is 1. The van der Waals surface area contributed by atoms with Crippen molar-refractivity contribution < 1.29 is 9.21 Å². The molecule has 2 rings (SSSR count). The molecule has 2 N–H and O–H groups in total. The summed E-state index contributed by atoms with van der Waals surface area (Å²) in [5, 5.41) is 6.57. The minimum absolute atomic E-state index is 0. The number of nitrogens with zero attached hydrogens (tertiary/aromatic N) is 2. The Kier molecular flexibility index (Phi) is 9.17. The van der Waals surface area contributed by atoms with E-state index >= 15 is 0 Å². The summed E-state index contributed by atoms with van der Waals surface area (Å²) in [5.74, 6) is 2.94. The maximum atomic E-state index is 11.6. The first kappa shape index (κ1) is 20.8. The molecule has 0 radical (unpaired) electrons. The zero-order valence-electron chi connectivity index (χ0n) is 14.9. The first-order chi connectivity index (χ1) is 11.1. The van der Waals surface area contributed by atoms with E-state index in [2.05, 4.69) is 15.6 Å². The van der Waals surface area contributed by atoms with Crippen LogP contribution in [0.15, 0.2) is 15.5 Å². The second-order valence-corrected chi connectivity index (χ2v) is 5.90. The molecule has 0 atom stereocenters. The summed E-state index contributed by atoms with van der Waals surface area (Å²) in [4.78, 5) is 18.1. The maximum Gasteiger partial charge on any atom is 0.222 e. The minimum atomic E-state index is 0. The second kappa shape index (κ2) is 10.6. The highest BCUT2D eigenvalue weighted by Crippen LogP contribution is 2.14. The number of carbonyl (C=O) groups excluding carboxylic acids is 1. The van der Waals surface area contributed by atoms with Crippen molar-refractivity contribution in [1.82, 2.24) is 15.5 Å². The minimum Gasteiger partial charge on any atom is -0.466 e. The third-order valence-electron chi connectivity index (χ3n) is 3.96. The van der Waals surface area contributed by atoms with Crippen LogP contribution in [0, 0.1) is 13.8 Å². The van der Waals surface area contributed by atoms with Gasteiger partial charge in [-0.25, -0.2) is 4.99 Å². The number of amides is 1. The standard InChI is InChI=1S/C17H28N4O2.HI/c1-4-18-17(20-12-15-11-13(2)23-14(15)3)19-8-6-10-21-9-5-7-16(21)22;/h11H,4-10,12H2,1-3H3,(H2,18,19,20);1H. The smallest absolute Gasteiger partial charge is 0.222 e. The summed E-state index contributed by atoms with van der Waals surface area (Å²) in [6.45, 7) is 9.92. The van der Waals surface area contributed by atoms with E-state index in [0.717, 1.165) is 62.1 Å². The lowest BCUT2D eigenvalue weighted by Gasteiger charge is -2.16. The molecule has 0 unspecified atom stereocenters. The van der Waals surface area contributed by atoms with Gasteiger partial charge in [0.05, 0.1) is 6.54 Å². The molecule has 1 aliphatic heterocycles. The van der Waals surface area contributed by atoms with Gasteiger partial charge < -0.3 is 20.0 Å². The molecule has 0 aliphatic carbocycles. The van der Waals surface area contributed by atoms with Gasteiger partial charge in [0.25, 0.3) is 0 Å². The summed E-state index contributed by atoms with van der Waals surface area (Å²) < 4.78 is 5.52. The van der Waals surface area contributed by atoms with Gasteiger partial charge >= 0.3 is 0 Å². The zero-order chi connectivity index (χ0) is 16.7. The number of aryl methyl sites for hydroxylation is 2. The van der Waals surface area contributed by atoms with Crippen molar-refractivity contribution in [3.63, 3.8) is 0 Å². The van der Waals surface area contributed by atoms with E-state index in [-0.39, 0.29) is 29.9 Å². The predicted molar refractivity (Wildman–Crippen MR) is 107 cm³/mol. The summed E-state index contributed by atoms with van der Waals surface area (Å²) in [7, 11) is 0. The highest BCUT2D eigenvalue weighted by molar-refractivity contribution is 14.0. The van der Waals surface area contributed by atoms with Crippen molar-refractivity contribution in [2.45, 2.75) is 46.6 Å². The van der Waals surface area contributed by atoms with Gasteiger partial charge in [0, 0.05) is 38.2 Å². The van der Waals surface area contributed by atoms with E-state index in [9.17, 15) is 4.79 Å². The topological polar surface area (TPSA) is 69.9 Å². The van der Waals surface area contributed by atoms with E-state index in [1.165, 1.54) is 0 Å². The molecule has 1 amide bonds. The third kappa shape index (κ3) is 6.33. The Morgan fingerprint density at radius 1 is 1.38 bits per heavy atom. The van der Waals surface area contributed by atoms with Gasteiger partial charge in [-0.05, 0) is 39.7 Å². The molecule has 1 saturated heterocycles. The predicted octanol–water partition coefficient (Wildman–Crippen LogP) is 2.58. The van der Waals surface area contributed by atoms with Gasteiger partial charge in [-0.1, -0.05) is 0 Å². The number of likely N-dealkylation sites (tertiary alicyclic amines) is 1. The normalized spacial score (nSPS) is 14.7. The first-order valence-corrected chi connectivity index (χ1v) is 8.46. The second-order valence-electron chi connectivity index (χ2n) is 5.90. The summed E-state index contributed by atoms with van der Waals surface area (Å²) in [6.07, 6.45) is 2.64. The fraction of sp³-hybridized carbons (Fsp3) is 0.647. The molecule has 1 aromatic heterocycles. The molecule has 0 bridgehead atoms. The van der Waals surface area contributed by atoms with Crippen molar-refractivity contribution in [2.24, 2.45) is 4.99 Å². The Balaban J connectivity index is 0.00000288. The molecule has 1 aliphatic rings. The Morgan fingerprint density at radius 3 is 2.75 bits per heavy atom. The van der Waals surface area contributed by atoms with Crippen LogP contribution in [0.5, 0.6) is 0 Å². The molecule has 136 valence electrons. The van der Waals surface area contributed by atoms with Gasteiger partial charge in [-0.15, -0.1) is 24.0 Å². The quantitative estimate of drug-likeness (QED) is 0.291. The lowest BCUT2D eigenvalue weighted by atomic mass is 10.2. The Labute approximate surface area is 161 Å². The van der Waals surface area contributed by atoms with E-state index in [1.807, 2.05) is 31.7 Å². The van der Waals surface area contributed by atoms with Crippen LogP contribution in [0.25, 0.3) is 0 Å². The van der Waals surface area contributed by atoms with Crippen molar-refractivity contribution in [3.8, 4) is 0 Å². The molecule has 0 aromatic carbocycles. The zero-order valence-corrected chi connectivity index (χ0v) is 17.2. The van der Waals surface area contributed by atoms with Crippen LogP contribution in [-0.4, -0.2) is 42.9 Å². The number of rotatable bonds is 7. The maximum absolute atomic E-state index is 11.6. The summed E-state index contributed by atoms with van der Waals surface area (Å²) >= 11 is 0. The van der Waals surface area contributed by atoms with Gasteiger partial charge in [-0.2, -0.15) is 0 Å². The number of furan rings is 1. The van der Waals surface area contributed by atoms with Crippen LogP contribution in [0.4, 0.5) is 0 Å². The monoisotopic (exact) mass is 448 g/mol. The number of nitrogens with one attached hydrogen (secondary N) is 2. The van der Waals surface area contributed by atoms with E-state index < -0.39 is 0 Å². The average molecular weight is 448 g/mol. The molecule has 1 fully saturated rings. The molecule has 1 aromatic rings. The number of aliphatic imine (C=N–C) groups is 1. The highest BCUT2D eigenvalue weighted by atomic mass is 127. The SMILES string of the molecule is CCNC(=NCc1cc(C)oc1C)NCCCN1CCCC1=O.I. The van der Waals surface area contributed by atoms with Gasteiger partial charge in [0.15, 0.2) is 5.96 Å². The highest BCUT2D eigenvalue weighted by Gasteiger charge is 2.18. The van der Waals surface area contributed by atoms with Gasteiger partial charge in [0.1, 0.15) is 11.5 Å². The Morgan fingerprint density at radius 2 is 2.17 bits per heavy atom. The lowest BCUT2D eigenvalue weighted by molar-refractivity contribution is -0.127. The van der Waals surface area contributed by atoms with E-state index in [4.69, 9.17) is 4.42 Å². The molecule has 24 heavy (non-hydrogen) atoms.